The molecule has 1 amide bonds. The van der Waals surface area contributed by atoms with Crippen LogP contribution in [-0.2, 0) is 20.7 Å². The number of nitrogens with one attached hydrogen (secondary N) is 1. The Morgan fingerprint density at radius 3 is 2.26 bits per heavy atom. The van der Waals surface area contributed by atoms with E-state index in [-0.39, 0.29) is 0 Å². The Morgan fingerprint density at radius 1 is 1.00 bits per heavy atom. The Hall–Kier alpha value is -2.66. The van der Waals surface area contributed by atoms with Crippen molar-refractivity contribution in [3.8, 4) is 0 Å². The molecule has 23 heavy (non-hydrogen) atoms. The predicted molar refractivity (Wildman–Crippen MR) is 85.5 cm³/mol. The van der Waals surface area contributed by atoms with E-state index in [1.807, 2.05) is 30.3 Å². The molecule has 2 aromatic carbocycles. The van der Waals surface area contributed by atoms with Gasteiger partial charge in [-0.2, -0.15) is 0 Å². The maximum absolute atomic E-state index is 11.7. The largest absolute Gasteiger partial charge is 0.453 e. The predicted octanol–water partition coefficient (Wildman–Crippen LogP) is 1.62. The number of benzene rings is 2. The lowest BCUT2D eigenvalue weighted by molar-refractivity contribution is -0.157. The minimum atomic E-state index is -1.38. The van der Waals surface area contributed by atoms with Crippen LogP contribution in [0.25, 0.3) is 0 Å². The van der Waals surface area contributed by atoms with Gasteiger partial charge in [-0.05, 0) is 17.5 Å². The SMILES string of the molecule is O=C(COC(=O)[C@H](O)c1ccccc1)NCCc1ccccc1. The summed E-state index contributed by atoms with van der Waals surface area (Å²) in [5, 5.41) is 12.5. The molecule has 0 fully saturated rings. The number of ether oxygens (including phenoxy) is 1. The van der Waals surface area contributed by atoms with Gasteiger partial charge >= 0.3 is 5.97 Å². The zero-order chi connectivity index (χ0) is 16.5. The van der Waals surface area contributed by atoms with Gasteiger partial charge in [-0.1, -0.05) is 60.7 Å². The average Bonchev–Trinajstić information content (AvgIpc) is 2.60. The minimum Gasteiger partial charge on any atom is -0.453 e. The molecule has 0 aliphatic rings. The highest BCUT2D eigenvalue weighted by atomic mass is 16.5. The van der Waals surface area contributed by atoms with Gasteiger partial charge in [-0.3, -0.25) is 4.79 Å². The van der Waals surface area contributed by atoms with Crippen LogP contribution in [0.4, 0.5) is 0 Å². The van der Waals surface area contributed by atoms with Crippen LogP contribution in [0.5, 0.6) is 0 Å². The third-order valence-corrected chi connectivity index (χ3v) is 3.26. The molecule has 0 saturated carbocycles. The molecule has 0 radical (unpaired) electrons. The normalized spacial score (nSPS) is 11.5. The maximum atomic E-state index is 11.7. The lowest BCUT2D eigenvalue weighted by Gasteiger charge is -2.11. The lowest BCUT2D eigenvalue weighted by atomic mass is 10.1. The van der Waals surface area contributed by atoms with Crippen LogP contribution in [0.2, 0.25) is 0 Å². The molecule has 5 nitrogen and oxygen atoms in total. The topological polar surface area (TPSA) is 75.6 Å². The fraction of sp³-hybridized carbons (Fsp3) is 0.222. The quantitative estimate of drug-likeness (QED) is 0.762. The van der Waals surface area contributed by atoms with Gasteiger partial charge in [-0.25, -0.2) is 4.79 Å². The second kappa shape index (κ2) is 8.70. The zero-order valence-electron chi connectivity index (χ0n) is 12.6. The highest BCUT2D eigenvalue weighted by molar-refractivity contribution is 5.82. The molecule has 0 aliphatic heterocycles. The summed E-state index contributed by atoms with van der Waals surface area (Å²) in [6.45, 7) is 0.0547. The summed E-state index contributed by atoms with van der Waals surface area (Å²) in [6.07, 6.45) is -0.680. The van der Waals surface area contributed by atoms with Crippen molar-refractivity contribution >= 4 is 11.9 Å². The summed E-state index contributed by atoms with van der Waals surface area (Å²) in [4.78, 5) is 23.3. The van der Waals surface area contributed by atoms with E-state index in [2.05, 4.69) is 5.32 Å². The van der Waals surface area contributed by atoms with E-state index in [0.29, 0.717) is 18.5 Å². The van der Waals surface area contributed by atoms with E-state index in [1.54, 1.807) is 30.3 Å². The van der Waals surface area contributed by atoms with Gasteiger partial charge in [0.2, 0.25) is 0 Å². The molecule has 0 unspecified atom stereocenters. The summed E-state index contributed by atoms with van der Waals surface area (Å²) in [5.41, 5.74) is 1.55. The number of hydrogen-bond acceptors (Lipinski definition) is 4. The van der Waals surface area contributed by atoms with Gasteiger partial charge < -0.3 is 15.2 Å². The Balaban J connectivity index is 1.68. The van der Waals surface area contributed by atoms with Crippen molar-refractivity contribution in [2.75, 3.05) is 13.2 Å². The summed E-state index contributed by atoms with van der Waals surface area (Å²) in [7, 11) is 0. The van der Waals surface area contributed by atoms with Crippen molar-refractivity contribution in [2.45, 2.75) is 12.5 Å². The zero-order valence-corrected chi connectivity index (χ0v) is 12.6. The fourth-order valence-corrected chi connectivity index (χ4v) is 2.03. The molecular formula is C18H19NO4. The van der Waals surface area contributed by atoms with Crippen molar-refractivity contribution in [1.29, 1.82) is 0 Å². The summed E-state index contributed by atoms with van der Waals surface area (Å²) < 4.78 is 4.82. The van der Waals surface area contributed by atoms with Gasteiger partial charge in [0.1, 0.15) is 0 Å². The first kappa shape index (κ1) is 16.7. The van der Waals surface area contributed by atoms with E-state index in [1.165, 1.54) is 0 Å². The molecule has 1 atom stereocenters. The van der Waals surface area contributed by atoms with E-state index in [9.17, 15) is 14.7 Å². The van der Waals surface area contributed by atoms with E-state index >= 15 is 0 Å². The first-order chi connectivity index (χ1) is 11.2. The number of aliphatic hydroxyl groups excluding tert-OH is 1. The van der Waals surface area contributed by atoms with Crippen LogP contribution in [0.3, 0.4) is 0 Å². The Labute approximate surface area is 134 Å². The number of hydrogen-bond donors (Lipinski definition) is 2. The van der Waals surface area contributed by atoms with E-state index in [0.717, 1.165) is 5.56 Å². The number of rotatable bonds is 7. The smallest absolute Gasteiger partial charge is 0.340 e. The van der Waals surface area contributed by atoms with Gasteiger partial charge in [0.25, 0.3) is 5.91 Å². The molecule has 0 bridgehead atoms. The van der Waals surface area contributed by atoms with Gasteiger partial charge in [0, 0.05) is 6.54 Å². The molecule has 5 heteroatoms. The standard InChI is InChI=1S/C18H19NO4/c20-16(19-12-11-14-7-3-1-4-8-14)13-23-18(22)17(21)15-9-5-2-6-10-15/h1-10,17,21H,11-13H2,(H,19,20)/t17-/m1/s1. The first-order valence-electron chi connectivity index (χ1n) is 7.37. The van der Waals surface area contributed by atoms with Crippen molar-refractivity contribution in [1.82, 2.24) is 5.32 Å². The third kappa shape index (κ3) is 5.56. The molecule has 0 spiro atoms. The number of carbonyl (C=O) groups excluding carboxylic acids is 2. The minimum absolute atomic E-state index is 0.394. The van der Waals surface area contributed by atoms with Crippen LogP contribution < -0.4 is 5.32 Å². The van der Waals surface area contributed by atoms with Crippen molar-refractivity contribution < 1.29 is 19.4 Å². The van der Waals surface area contributed by atoms with E-state index in [4.69, 9.17) is 4.74 Å². The van der Waals surface area contributed by atoms with Gasteiger partial charge in [0.05, 0.1) is 0 Å². The molecular weight excluding hydrogens is 294 g/mol. The number of carbonyl (C=O) groups is 2. The summed E-state index contributed by atoms with van der Waals surface area (Å²) >= 11 is 0. The Bertz CT molecular complexity index is 628. The highest BCUT2D eigenvalue weighted by Crippen LogP contribution is 2.13. The van der Waals surface area contributed by atoms with Crippen LogP contribution in [0.15, 0.2) is 60.7 Å². The van der Waals surface area contributed by atoms with E-state index < -0.39 is 24.6 Å². The second-order valence-corrected chi connectivity index (χ2v) is 5.01. The molecule has 0 saturated heterocycles. The highest BCUT2D eigenvalue weighted by Gasteiger charge is 2.19. The third-order valence-electron chi connectivity index (χ3n) is 3.26. The monoisotopic (exact) mass is 313 g/mol. The second-order valence-electron chi connectivity index (χ2n) is 5.01. The molecule has 0 aliphatic carbocycles. The van der Waals surface area contributed by atoms with Crippen LogP contribution in [0, 0.1) is 0 Å². The van der Waals surface area contributed by atoms with Crippen LogP contribution >= 0.6 is 0 Å². The Morgan fingerprint density at radius 2 is 1.61 bits per heavy atom. The summed E-state index contributed by atoms with van der Waals surface area (Å²) in [5.74, 6) is -1.23. The first-order valence-corrected chi connectivity index (χ1v) is 7.37. The number of esters is 1. The number of amides is 1. The fourth-order valence-electron chi connectivity index (χ4n) is 2.03. The van der Waals surface area contributed by atoms with Crippen molar-refractivity contribution in [3.05, 3.63) is 71.8 Å². The van der Waals surface area contributed by atoms with Crippen molar-refractivity contribution in [3.63, 3.8) is 0 Å². The van der Waals surface area contributed by atoms with Crippen LogP contribution in [-0.4, -0.2) is 30.1 Å². The molecule has 120 valence electrons. The maximum Gasteiger partial charge on any atom is 0.340 e. The molecule has 0 heterocycles. The molecule has 0 aromatic heterocycles. The lowest BCUT2D eigenvalue weighted by Crippen LogP contribution is -2.31. The van der Waals surface area contributed by atoms with Gasteiger partial charge in [-0.15, -0.1) is 0 Å². The number of aliphatic hydroxyl groups is 1. The Kier molecular flexibility index (Phi) is 6.32. The molecule has 2 N–H and O–H groups in total. The summed E-state index contributed by atoms with van der Waals surface area (Å²) in [6, 6.07) is 18.2. The van der Waals surface area contributed by atoms with Crippen molar-refractivity contribution in [2.24, 2.45) is 0 Å². The molecule has 2 aromatic rings. The van der Waals surface area contributed by atoms with Crippen LogP contribution in [0.1, 0.15) is 17.2 Å². The average molecular weight is 313 g/mol. The van der Waals surface area contributed by atoms with Gasteiger partial charge in [0.15, 0.2) is 12.7 Å². The molecule has 2 rings (SSSR count).